The first-order valence-electron chi connectivity index (χ1n) is 5.69. The Bertz CT molecular complexity index is 744. The van der Waals surface area contributed by atoms with Crippen molar-refractivity contribution in [2.45, 2.75) is 0 Å². The van der Waals surface area contributed by atoms with Crippen LogP contribution in [0.25, 0.3) is 10.9 Å². The normalized spacial score (nSPS) is 10.5. The second kappa shape index (κ2) is 4.41. The number of aromatic nitrogens is 3. The van der Waals surface area contributed by atoms with Crippen molar-refractivity contribution in [3.05, 3.63) is 48.3 Å². The van der Waals surface area contributed by atoms with E-state index in [0.717, 1.165) is 5.39 Å². The van der Waals surface area contributed by atoms with Crippen LogP contribution in [0.1, 0.15) is 10.4 Å². The Morgan fingerprint density at radius 1 is 1.26 bits per heavy atom. The van der Waals surface area contributed by atoms with Crippen LogP contribution in [0.15, 0.2) is 42.7 Å². The highest BCUT2D eigenvalue weighted by Crippen LogP contribution is 2.19. The minimum absolute atomic E-state index is 0.278. The highest BCUT2D eigenvalue weighted by Gasteiger charge is 2.12. The van der Waals surface area contributed by atoms with Gasteiger partial charge in [0.2, 0.25) is 0 Å². The molecule has 0 saturated carbocycles. The molecule has 0 aliphatic heterocycles. The Balaban J connectivity index is 2.00. The Morgan fingerprint density at radius 2 is 2.11 bits per heavy atom. The molecule has 2 aromatic heterocycles. The van der Waals surface area contributed by atoms with Gasteiger partial charge in [0.1, 0.15) is 0 Å². The summed E-state index contributed by atoms with van der Waals surface area (Å²) in [6.45, 7) is 0. The van der Waals surface area contributed by atoms with Crippen molar-refractivity contribution in [1.82, 2.24) is 15.2 Å². The number of H-pyrrole nitrogens is 1. The van der Waals surface area contributed by atoms with Gasteiger partial charge < -0.3 is 11.1 Å². The molecule has 0 aliphatic rings. The van der Waals surface area contributed by atoms with Gasteiger partial charge in [-0.1, -0.05) is 18.2 Å². The van der Waals surface area contributed by atoms with Crippen LogP contribution in [0, 0.1) is 0 Å². The van der Waals surface area contributed by atoms with Crippen molar-refractivity contribution in [3.63, 3.8) is 0 Å². The number of carbonyl (C=O) groups is 1. The lowest BCUT2D eigenvalue weighted by Crippen LogP contribution is -2.14. The van der Waals surface area contributed by atoms with Crippen LogP contribution in [-0.4, -0.2) is 21.1 Å². The molecule has 3 rings (SSSR count). The highest BCUT2D eigenvalue weighted by atomic mass is 16.1. The lowest BCUT2D eigenvalue weighted by molar-refractivity contribution is 0.102. The number of aromatic amines is 1. The third-order valence-corrected chi connectivity index (χ3v) is 2.78. The molecule has 2 heterocycles. The van der Waals surface area contributed by atoms with E-state index < -0.39 is 0 Å². The lowest BCUT2D eigenvalue weighted by atomic mass is 10.1. The van der Waals surface area contributed by atoms with Crippen molar-refractivity contribution in [2.24, 2.45) is 0 Å². The van der Waals surface area contributed by atoms with Crippen LogP contribution in [0.2, 0.25) is 0 Å². The highest BCUT2D eigenvalue weighted by molar-refractivity contribution is 6.12. The van der Waals surface area contributed by atoms with E-state index in [4.69, 9.17) is 5.73 Å². The second-order valence-electron chi connectivity index (χ2n) is 4.04. The summed E-state index contributed by atoms with van der Waals surface area (Å²) in [5.41, 5.74) is 7.19. The maximum Gasteiger partial charge on any atom is 0.259 e. The van der Waals surface area contributed by atoms with Crippen molar-refractivity contribution in [1.29, 1.82) is 0 Å². The van der Waals surface area contributed by atoms with Gasteiger partial charge in [-0.15, -0.1) is 0 Å². The third kappa shape index (κ3) is 1.99. The standard InChI is InChI=1S/C13H11N5O/c14-10-7-16-18-12(10)17-13(19)9-5-1-3-8-4-2-6-15-11(8)9/h1-7H,14H2,(H2,16,17,18,19). The van der Waals surface area contributed by atoms with Crippen LogP contribution in [0.4, 0.5) is 11.5 Å². The summed E-state index contributed by atoms with van der Waals surface area (Å²) < 4.78 is 0. The third-order valence-electron chi connectivity index (χ3n) is 2.78. The number of fused-ring (bicyclic) bond motifs is 1. The van der Waals surface area contributed by atoms with Crippen LogP contribution < -0.4 is 11.1 Å². The van der Waals surface area contributed by atoms with Gasteiger partial charge in [-0.05, 0) is 12.1 Å². The molecule has 0 atom stereocenters. The quantitative estimate of drug-likeness (QED) is 0.648. The molecule has 1 aromatic carbocycles. The van der Waals surface area contributed by atoms with Gasteiger partial charge in [0.25, 0.3) is 5.91 Å². The fourth-order valence-electron chi connectivity index (χ4n) is 1.86. The number of pyridine rings is 1. The molecule has 0 unspecified atom stereocenters. The number of para-hydroxylation sites is 1. The van der Waals surface area contributed by atoms with Crippen LogP contribution >= 0.6 is 0 Å². The Hall–Kier alpha value is -2.89. The number of hydrogen-bond acceptors (Lipinski definition) is 4. The van der Waals surface area contributed by atoms with Gasteiger partial charge in [-0.25, -0.2) is 0 Å². The number of rotatable bonds is 2. The van der Waals surface area contributed by atoms with Crippen LogP contribution in [0.3, 0.4) is 0 Å². The smallest absolute Gasteiger partial charge is 0.259 e. The van der Waals surface area contributed by atoms with E-state index in [0.29, 0.717) is 22.6 Å². The molecule has 19 heavy (non-hydrogen) atoms. The van der Waals surface area contributed by atoms with Crippen molar-refractivity contribution >= 4 is 28.3 Å². The second-order valence-corrected chi connectivity index (χ2v) is 4.04. The number of carbonyl (C=O) groups excluding carboxylic acids is 1. The molecule has 1 amide bonds. The zero-order valence-electron chi connectivity index (χ0n) is 9.92. The minimum Gasteiger partial charge on any atom is -0.394 e. The lowest BCUT2D eigenvalue weighted by Gasteiger charge is -2.06. The summed E-state index contributed by atoms with van der Waals surface area (Å²) in [5, 5.41) is 9.96. The van der Waals surface area contributed by atoms with E-state index in [9.17, 15) is 4.79 Å². The number of nitrogen functional groups attached to an aromatic ring is 1. The number of anilines is 2. The zero-order valence-corrected chi connectivity index (χ0v) is 9.92. The number of nitrogens with one attached hydrogen (secondary N) is 2. The first-order chi connectivity index (χ1) is 9.25. The Kier molecular flexibility index (Phi) is 2.60. The average Bonchev–Trinajstić information content (AvgIpc) is 2.83. The molecule has 0 fully saturated rings. The molecule has 3 aromatic rings. The van der Waals surface area contributed by atoms with Crippen LogP contribution in [0.5, 0.6) is 0 Å². The van der Waals surface area contributed by atoms with E-state index >= 15 is 0 Å². The monoisotopic (exact) mass is 253 g/mol. The summed E-state index contributed by atoms with van der Waals surface area (Å²) in [6.07, 6.45) is 3.10. The summed E-state index contributed by atoms with van der Waals surface area (Å²) in [4.78, 5) is 16.5. The van der Waals surface area contributed by atoms with Gasteiger partial charge in [-0.2, -0.15) is 5.10 Å². The molecule has 94 valence electrons. The molecular formula is C13H11N5O. The van der Waals surface area contributed by atoms with Gasteiger partial charge in [-0.3, -0.25) is 14.9 Å². The maximum absolute atomic E-state index is 12.2. The molecule has 0 aliphatic carbocycles. The van der Waals surface area contributed by atoms with Gasteiger partial charge in [0, 0.05) is 11.6 Å². The zero-order chi connectivity index (χ0) is 13.2. The molecular weight excluding hydrogens is 242 g/mol. The number of benzene rings is 1. The molecule has 0 spiro atoms. The number of amides is 1. The molecule has 6 heteroatoms. The molecule has 0 radical (unpaired) electrons. The molecule has 4 N–H and O–H groups in total. The number of hydrogen-bond donors (Lipinski definition) is 3. The molecule has 0 bridgehead atoms. The number of nitrogens with zero attached hydrogens (tertiary/aromatic N) is 2. The fourth-order valence-corrected chi connectivity index (χ4v) is 1.86. The van der Waals surface area contributed by atoms with Gasteiger partial charge >= 0.3 is 0 Å². The maximum atomic E-state index is 12.2. The Labute approximate surface area is 108 Å². The van der Waals surface area contributed by atoms with Gasteiger partial charge in [0.15, 0.2) is 5.82 Å². The minimum atomic E-state index is -0.278. The summed E-state index contributed by atoms with van der Waals surface area (Å²) in [6, 6.07) is 9.18. The number of nitrogens with two attached hydrogens (primary N) is 1. The Morgan fingerprint density at radius 3 is 2.89 bits per heavy atom. The summed E-state index contributed by atoms with van der Waals surface area (Å²) in [5.74, 6) is 0.109. The van der Waals surface area contributed by atoms with Crippen molar-refractivity contribution < 1.29 is 4.79 Å². The molecule has 0 saturated heterocycles. The first-order valence-corrected chi connectivity index (χ1v) is 5.69. The first kappa shape index (κ1) is 11.2. The predicted molar refractivity (Wildman–Crippen MR) is 72.7 cm³/mol. The predicted octanol–water partition coefficient (Wildman–Crippen LogP) is 1.79. The SMILES string of the molecule is Nc1cn[nH]c1NC(=O)c1cccc2cccnc12. The van der Waals surface area contributed by atoms with Crippen LogP contribution in [-0.2, 0) is 0 Å². The van der Waals surface area contributed by atoms with E-state index in [1.807, 2.05) is 24.3 Å². The van der Waals surface area contributed by atoms with Gasteiger partial charge in [0.05, 0.1) is 23.0 Å². The molecule has 6 nitrogen and oxygen atoms in total. The summed E-state index contributed by atoms with van der Waals surface area (Å²) in [7, 11) is 0. The summed E-state index contributed by atoms with van der Waals surface area (Å²) >= 11 is 0. The van der Waals surface area contributed by atoms with Crippen molar-refractivity contribution in [2.75, 3.05) is 11.1 Å². The van der Waals surface area contributed by atoms with E-state index in [1.165, 1.54) is 6.20 Å². The average molecular weight is 253 g/mol. The fraction of sp³-hybridized carbons (Fsp3) is 0. The van der Waals surface area contributed by atoms with Crippen molar-refractivity contribution in [3.8, 4) is 0 Å². The van der Waals surface area contributed by atoms with E-state index in [2.05, 4.69) is 20.5 Å². The largest absolute Gasteiger partial charge is 0.394 e. The van der Waals surface area contributed by atoms with E-state index in [-0.39, 0.29) is 5.91 Å². The topological polar surface area (TPSA) is 96.7 Å². The van der Waals surface area contributed by atoms with E-state index in [1.54, 1.807) is 12.3 Å².